The van der Waals surface area contributed by atoms with Crippen LogP contribution in [0.3, 0.4) is 0 Å². The van der Waals surface area contributed by atoms with Gasteiger partial charge in [0.1, 0.15) is 29.7 Å². The van der Waals surface area contributed by atoms with E-state index in [9.17, 15) is 23.2 Å². The minimum absolute atomic E-state index is 0.00448. The summed E-state index contributed by atoms with van der Waals surface area (Å²) in [7, 11) is 3.19. The fourth-order valence-corrected chi connectivity index (χ4v) is 4.57. The number of nitrogens with zero attached hydrogens (tertiary/aromatic N) is 4. The molecule has 0 bridgehead atoms. The quantitative estimate of drug-likeness (QED) is 0.476. The average Bonchev–Trinajstić information content (AvgIpc) is 2.98. The minimum Gasteiger partial charge on any atom is -0.491 e. The maximum atomic E-state index is 14.0. The normalized spacial score (nSPS) is 19.6. The number of carbonyl (C=O) groups excluding carboxylic acids is 3. The molecule has 4 amide bonds. The van der Waals surface area contributed by atoms with Gasteiger partial charge in [0.25, 0.3) is 11.8 Å². The Morgan fingerprint density at radius 1 is 1.07 bits per heavy atom. The summed E-state index contributed by atoms with van der Waals surface area (Å²) in [6, 6.07) is 5.84. The molecule has 0 unspecified atom stereocenters. The number of ether oxygens (including phenoxy) is 2. The second kappa shape index (κ2) is 13.3. The van der Waals surface area contributed by atoms with E-state index in [0.29, 0.717) is 6.54 Å². The molecule has 1 aliphatic rings. The number of anilines is 2. The lowest BCUT2D eigenvalue weighted by atomic mass is 10.0. The van der Waals surface area contributed by atoms with Crippen LogP contribution in [0, 0.1) is 17.6 Å². The van der Waals surface area contributed by atoms with Crippen molar-refractivity contribution < 1.29 is 32.6 Å². The van der Waals surface area contributed by atoms with Gasteiger partial charge in [-0.2, -0.15) is 0 Å². The van der Waals surface area contributed by atoms with Crippen LogP contribution in [-0.4, -0.2) is 83.6 Å². The first kappa shape index (κ1) is 30.3. The summed E-state index contributed by atoms with van der Waals surface area (Å²) < 4.78 is 39.3. The summed E-state index contributed by atoms with van der Waals surface area (Å²) in [5, 5.41) is 4.79. The van der Waals surface area contributed by atoms with Crippen molar-refractivity contribution in [2.24, 2.45) is 5.92 Å². The molecular formula is C29H32F2N6O5. The van der Waals surface area contributed by atoms with Gasteiger partial charge >= 0.3 is 6.03 Å². The second-order valence-electron chi connectivity index (χ2n) is 10.1. The molecule has 0 saturated heterocycles. The predicted molar refractivity (Wildman–Crippen MR) is 150 cm³/mol. The number of methoxy groups -OCH3 is 1. The standard InChI is InChI=1S/C29H32F2N6O5/c1-17-14-37(28(39)24-13-32-9-10-33-24)18(2)16-42-25-12-20(6-7-21(25)27(38)36(3)15-26(17)41-4)34-29(40)35-23-11-19(30)5-8-22(23)31/h5-13,17-18,26H,14-16H2,1-4H3,(H2,34,35,40)/t17-,18+,26+/m1/s1. The molecule has 0 aliphatic carbocycles. The summed E-state index contributed by atoms with van der Waals surface area (Å²) >= 11 is 0. The number of carbonyl (C=O) groups is 3. The van der Waals surface area contributed by atoms with E-state index in [1.807, 2.05) is 13.8 Å². The van der Waals surface area contributed by atoms with Gasteiger partial charge in [-0.1, -0.05) is 6.92 Å². The fraction of sp³-hybridized carbons (Fsp3) is 0.345. The lowest BCUT2D eigenvalue weighted by molar-refractivity contribution is 0.0109. The first-order chi connectivity index (χ1) is 20.1. The Morgan fingerprint density at radius 3 is 2.57 bits per heavy atom. The Labute approximate surface area is 241 Å². The largest absolute Gasteiger partial charge is 0.491 e. The van der Waals surface area contributed by atoms with Crippen molar-refractivity contribution in [3.05, 3.63) is 77.9 Å². The highest BCUT2D eigenvalue weighted by molar-refractivity contribution is 6.01. The zero-order valence-corrected chi connectivity index (χ0v) is 23.6. The molecule has 1 aliphatic heterocycles. The van der Waals surface area contributed by atoms with Crippen LogP contribution in [0.15, 0.2) is 55.0 Å². The highest BCUT2D eigenvalue weighted by Gasteiger charge is 2.31. The van der Waals surface area contributed by atoms with Crippen molar-refractivity contribution in [2.45, 2.75) is 26.0 Å². The van der Waals surface area contributed by atoms with Crippen LogP contribution in [-0.2, 0) is 4.74 Å². The van der Waals surface area contributed by atoms with E-state index in [2.05, 4.69) is 20.6 Å². The van der Waals surface area contributed by atoms with Crippen LogP contribution in [0.1, 0.15) is 34.7 Å². The van der Waals surface area contributed by atoms with E-state index in [0.717, 1.165) is 18.2 Å². The highest BCUT2D eigenvalue weighted by atomic mass is 19.1. The topological polar surface area (TPSA) is 126 Å². The van der Waals surface area contributed by atoms with E-state index in [-0.39, 0.29) is 65.4 Å². The molecule has 0 spiro atoms. The molecule has 0 radical (unpaired) electrons. The Balaban J connectivity index is 1.62. The Bertz CT molecular complexity index is 1440. The number of nitrogens with one attached hydrogen (secondary N) is 2. The molecule has 2 N–H and O–H groups in total. The lowest BCUT2D eigenvalue weighted by Crippen LogP contribution is -2.48. The number of amides is 4. The number of hydrogen-bond acceptors (Lipinski definition) is 7. The maximum Gasteiger partial charge on any atom is 0.323 e. The van der Waals surface area contributed by atoms with E-state index in [1.54, 1.807) is 19.1 Å². The molecule has 3 atom stereocenters. The van der Waals surface area contributed by atoms with Crippen LogP contribution in [0.25, 0.3) is 0 Å². The van der Waals surface area contributed by atoms with Gasteiger partial charge in [-0.3, -0.25) is 14.6 Å². The molecule has 13 heteroatoms. The van der Waals surface area contributed by atoms with Gasteiger partial charge in [0, 0.05) is 63.4 Å². The Kier molecular flexibility index (Phi) is 9.63. The molecular weight excluding hydrogens is 550 g/mol. The van der Waals surface area contributed by atoms with Gasteiger partial charge in [0.15, 0.2) is 0 Å². The van der Waals surface area contributed by atoms with E-state index >= 15 is 0 Å². The molecule has 42 heavy (non-hydrogen) atoms. The zero-order valence-electron chi connectivity index (χ0n) is 23.6. The van der Waals surface area contributed by atoms with E-state index in [4.69, 9.17) is 9.47 Å². The van der Waals surface area contributed by atoms with Gasteiger partial charge in [0.05, 0.1) is 29.6 Å². The molecule has 3 aromatic rings. The highest BCUT2D eigenvalue weighted by Crippen LogP contribution is 2.27. The van der Waals surface area contributed by atoms with Gasteiger partial charge in [-0.05, 0) is 31.2 Å². The van der Waals surface area contributed by atoms with Crippen molar-refractivity contribution in [3.8, 4) is 5.75 Å². The smallest absolute Gasteiger partial charge is 0.323 e. The van der Waals surface area contributed by atoms with E-state index < -0.39 is 23.7 Å². The van der Waals surface area contributed by atoms with E-state index in [1.165, 1.54) is 41.7 Å². The summed E-state index contributed by atoms with van der Waals surface area (Å²) in [5.74, 6) is -2.19. The number of halogens is 2. The van der Waals surface area contributed by atoms with Gasteiger partial charge in [-0.25, -0.2) is 18.6 Å². The van der Waals surface area contributed by atoms with Crippen LogP contribution in [0.2, 0.25) is 0 Å². The van der Waals surface area contributed by atoms with Crippen molar-refractivity contribution in [1.29, 1.82) is 0 Å². The van der Waals surface area contributed by atoms with Gasteiger partial charge in [-0.15, -0.1) is 0 Å². The third-order valence-electron chi connectivity index (χ3n) is 6.92. The molecule has 0 fully saturated rings. The zero-order chi connectivity index (χ0) is 30.4. The van der Waals surface area contributed by atoms with Crippen molar-refractivity contribution in [3.63, 3.8) is 0 Å². The van der Waals surface area contributed by atoms with Crippen LogP contribution in [0.4, 0.5) is 25.0 Å². The fourth-order valence-electron chi connectivity index (χ4n) is 4.57. The summed E-state index contributed by atoms with van der Waals surface area (Å²) in [4.78, 5) is 50.7. The average molecular weight is 583 g/mol. The maximum absolute atomic E-state index is 14.0. The van der Waals surface area contributed by atoms with Crippen LogP contribution in [0.5, 0.6) is 5.75 Å². The molecule has 11 nitrogen and oxygen atoms in total. The first-order valence-electron chi connectivity index (χ1n) is 13.2. The minimum atomic E-state index is -0.831. The molecule has 2 aromatic carbocycles. The second-order valence-corrected chi connectivity index (χ2v) is 10.1. The number of fused-ring (bicyclic) bond motifs is 1. The number of rotatable bonds is 4. The Hall–Kier alpha value is -4.65. The molecule has 2 heterocycles. The SMILES string of the molecule is CO[C@H]1CN(C)C(=O)c2ccc(NC(=O)Nc3cc(F)ccc3F)cc2OC[C@H](C)N(C(=O)c2cnccn2)C[C@H]1C. The molecule has 0 saturated carbocycles. The number of hydrogen-bond donors (Lipinski definition) is 2. The van der Waals surface area contributed by atoms with Crippen molar-refractivity contribution >= 4 is 29.2 Å². The third kappa shape index (κ3) is 7.16. The van der Waals surface area contributed by atoms with Crippen LogP contribution < -0.4 is 15.4 Å². The molecule has 1 aromatic heterocycles. The van der Waals surface area contributed by atoms with Crippen molar-refractivity contribution in [2.75, 3.05) is 44.5 Å². The summed E-state index contributed by atoms with van der Waals surface area (Å²) in [5.41, 5.74) is 0.295. The summed E-state index contributed by atoms with van der Waals surface area (Å²) in [6.45, 7) is 4.29. The number of likely N-dealkylation sites (N-methyl/N-ethyl adjacent to an activating group) is 1. The predicted octanol–water partition coefficient (Wildman–Crippen LogP) is 4.05. The first-order valence-corrected chi connectivity index (χ1v) is 13.2. The molecule has 222 valence electrons. The number of urea groups is 1. The van der Waals surface area contributed by atoms with Gasteiger partial charge < -0.3 is 29.9 Å². The van der Waals surface area contributed by atoms with Gasteiger partial charge in [0.2, 0.25) is 0 Å². The molecule has 4 rings (SSSR count). The number of benzene rings is 2. The Morgan fingerprint density at radius 2 is 1.86 bits per heavy atom. The lowest BCUT2D eigenvalue weighted by Gasteiger charge is -2.35. The monoisotopic (exact) mass is 582 g/mol. The number of aromatic nitrogens is 2. The van der Waals surface area contributed by atoms with Crippen LogP contribution >= 0.6 is 0 Å². The van der Waals surface area contributed by atoms with Crippen molar-refractivity contribution in [1.82, 2.24) is 19.8 Å². The summed E-state index contributed by atoms with van der Waals surface area (Å²) in [6.07, 6.45) is 3.93. The third-order valence-corrected chi connectivity index (χ3v) is 6.92.